The van der Waals surface area contributed by atoms with E-state index in [2.05, 4.69) is 15.5 Å². The highest BCUT2D eigenvalue weighted by Gasteiger charge is 2.44. The van der Waals surface area contributed by atoms with E-state index in [1.54, 1.807) is 13.2 Å². The molecule has 1 atom stereocenters. The Morgan fingerprint density at radius 3 is 2.96 bits per heavy atom. The van der Waals surface area contributed by atoms with E-state index in [1.807, 2.05) is 0 Å². The predicted molar refractivity (Wildman–Crippen MR) is 107 cm³/mol. The Hall–Kier alpha value is -1.83. The zero-order chi connectivity index (χ0) is 19.3. The zero-order valence-corrected chi connectivity index (χ0v) is 16.8. The number of methoxy groups -OCH3 is 1. The molecule has 2 fully saturated rings. The highest BCUT2D eigenvalue weighted by atomic mass is 35.5. The van der Waals surface area contributed by atoms with Crippen molar-refractivity contribution in [3.05, 3.63) is 22.5 Å². The maximum absolute atomic E-state index is 12.3. The smallest absolute Gasteiger partial charge is 0.319 e. The van der Waals surface area contributed by atoms with E-state index in [4.69, 9.17) is 25.7 Å². The van der Waals surface area contributed by atoms with Crippen LogP contribution in [-0.2, 0) is 16.8 Å². The summed E-state index contributed by atoms with van der Waals surface area (Å²) >= 11 is 6.56. The lowest BCUT2D eigenvalue weighted by Gasteiger charge is -2.42. The number of nitrogens with one attached hydrogen (secondary N) is 2. The van der Waals surface area contributed by atoms with Crippen LogP contribution in [0.2, 0.25) is 5.02 Å². The predicted octanol–water partition coefficient (Wildman–Crippen LogP) is 4.00. The minimum absolute atomic E-state index is 0.196. The van der Waals surface area contributed by atoms with Gasteiger partial charge in [-0.05, 0) is 25.3 Å². The highest BCUT2D eigenvalue weighted by molar-refractivity contribution is 6.35. The monoisotopic (exact) mass is 404 g/mol. The Morgan fingerprint density at radius 2 is 2.21 bits per heavy atom. The molecule has 150 valence electrons. The fraction of sp³-hybridized carbons (Fsp3) is 0.600. The number of aromatic nitrogens is 1. The summed E-state index contributed by atoms with van der Waals surface area (Å²) in [5, 5.41) is 6.59. The molecule has 2 N–H and O–H groups in total. The van der Waals surface area contributed by atoms with Crippen molar-refractivity contribution in [1.82, 2.24) is 15.2 Å². The van der Waals surface area contributed by atoms with Crippen LogP contribution in [0.4, 0.5) is 10.5 Å². The van der Waals surface area contributed by atoms with Crippen LogP contribution >= 0.6 is 11.6 Å². The summed E-state index contributed by atoms with van der Waals surface area (Å²) in [5.41, 5.74) is 2.70. The first kappa shape index (κ1) is 18.2. The number of likely N-dealkylation sites (tertiary alicyclic amines) is 1. The molecule has 28 heavy (non-hydrogen) atoms. The van der Waals surface area contributed by atoms with Crippen molar-refractivity contribution in [3.63, 3.8) is 0 Å². The van der Waals surface area contributed by atoms with Gasteiger partial charge in [0, 0.05) is 25.8 Å². The Balaban J connectivity index is 1.56. The molecule has 2 aliphatic heterocycles. The number of urea groups is 1. The van der Waals surface area contributed by atoms with Gasteiger partial charge >= 0.3 is 6.03 Å². The molecule has 8 heteroatoms. The number of amides is 2. The molecule has 2 aromatic rings. The van der Waals surface area contributed by atoms with Crippen molar-refractivity contribution in [2.24, 2.45) is 0 Å². The summed E-state index contributed by atoms with van der Waals surface area (Å²) in [5.74, 6) is 0.680. The normalized spacial score (nSPS) is 24.4. The number of hydrogen-bond donors (Lipinski definition) is 2. The van der Waals surface area contributed by atoms with Crippen LogP contribution in [0.25, 0.3) is 11.1 Å². The van der Waals surface area contributed by atoms with Gasteiger partial charge in [-0.2, -0.15) is 0 Å². The Labute approximate surface area is 168 Å². The van der Waals surface area contributed by atoms with Gasteiger partial charge in [-0.25, -0.2) is 9.78 Å². The lowest BCUT2D eigenvalue weighted by atomic mass is 9.74. The van der Waals surface area contributed by atoms with Crippen molar-refractivity contribution >= 4 is 34.4 Å². The molecule has 3 aliphatic rings. The van der Waals surface area contributed by atoms with E-state index in [0.29, 0.717) is 23.1 Å². The van der Waals surface area contributed by atoms with E-state index < -0.39 is 5.54 Å². The number of fused-ring (bicyclic) bond motifs is 4. The molecule has 1 saturated carbocycles. The molecule has 0 unspecified atom stereocenters. The third kappa shape index (κ3) is 2.96. The molecule has 1 aromatic carbocycles. The Morgan fingerprint density at radius 1 is 1.39 bits per heavy atom. The van der Waals surface area contributed by atoms with Gasteiger partial charge in [-0.3, -0.25) is 4.90 Å². The summed E-state index contributed by atoms with van der Waals surface area (Å²) in [7, 11) is 1.76. The molecule has 1 aromatic heterocycles. The average molecular weight is 405 g/mol. The van der Waals surface area contributed by atoms with Gasteiger partial charge in [0.2, 0.25) is 5.89 Å². The molecular formula is C20H25ClN4O3. The van der Waals surface area contributed by atoms with E-state index in [-0.39, 0.29) is 12.1 Å². The number of carbonyl (C=O) groups is 1. The lowest BCUT2D eigenvalue weighted by molar-refractivity contribution is 0.106. The van der Waals surface area contributed by atoms with Gasteiger partial charge in [0.25, 0.3) is 0 Å². The minimum atomic E-state index is -0.426. The molecule has 7 nitrogen and oxygen atoms in total. The first-order chi connectivity index (χ1) is 13.6. The van der Waals surface area contributed by atoms with Crippen molar-refractivity contribution in [2.75, 3.05) is 25.5 Å². The molecule has 2 amide bonds. The number of nitrogens with zero attached hydrogens (tertiary/aromatic N) is 2. The van der Waals surface area contributed by atoms with E-state index in [1.165, 1.54) is 6.42 Å². The zero-order valence-electron chi connectivity index (χ0n) is 16.0. The van der Waals surface area contributed by atoms with E-state index >= 15 is 0 Å². The number of rotatable bonds is 3. The van der Waals surface area contributed by atoms with Crippen LogP contribution < -0.4 is 10.6 Å². The van der Waals surface area contributed by atoms with E-state index in [9.17, 15) is 4.79 Å². The second-order valence-corrected chi connectivity index (χ2v) is 8.57. The minimum Gasteiger partial charge on any atom is -0.439 e. The standard InChI is InChI=1S/C20H25ClN4O3/c1-27-12-5-8-25(10-12)11-15-22-14-9-13(21)17-16(18(14)28-15)20(24-19(26)23-17)6-3-2-4-7-20/h9,12H,2-8,10-11H2,1H3,(H2,23,24,26)/t12-/m1/s1. The van der Waals surface area contributed by atoms with E-state index in [0.717, 1.165) is 61.9 Å². The second kappa shape index (κ2) is 6.90. The largest absolute Gasteiger partial charge is 0.439 e. The third-order valence-electron chi connectivity index (χ3n) is 6.38. The van der Waals surface area contributed by atoms with Gasteiger partial charge in [-0.1, -0.05) is 30.9 Å². The quantitative estimate of drug-likeness (QED) is 0.808. The molecule has 1 saturated heterocycles. The molecular weight excluding hydrogens is 380 g/mol. The van der Waals surface area contributed by atoms with Gasteiger partial charge in [0.05, 0.1) is 28.9 Å². The summed E-state index contributed by atoms with van der Waals surface area (Å²) < 4.78 is 11.7. The van der Waals surface area contributed by atoms with Gasteiger partial charge in [0.15, 0.2) is 5.58 Å². The van der Waals surface area contributed by atoms with Crippen LogP contribution in [-0.4, -0.2) is 42.2 Å². The van der Waals surface area contributed by atoms with Gasteiger partial charge in [-0.15, -0.1) is 0 Å². The molecule has 0 radical (unpaired) electrons. The number of ether oxygens (including phenoxy) is 1. The number of oxazole rings is 1. The Bertz CT molecular complexity index is 922. The van der Waals surface area contributed by atoms with Crippen LogP contribution in [0.3, 0.4) is 0 Å². The third-order valence-corrected chi connectivity index (χ3v) is 6.67. The van der Waals surface area contributed by atoms with Crippen molar-refractivity contribution in [1.29, 1.82) is 0 Å². The summed E-state index contributed by atoms with van der Waals surface area (Å²) in [6.07, 6.45) is 6.40. The molecule has 0 bridgehead atoms. The molecule has 1 spiro atoms. The topological polar surface area (TPSA) is 79.6 Å². The number of anilines is 1. The van der Waals surface area contributed by atoms with Crippen LogP contribution in [0.5, 0.6) is 0 Å². The number of benzene rings is 1. The number of halogens is 1. The maximum atomic E-state index is 12.3. The Kier molecular flexibility index (Phi) is 4.49. The average Bonchev–Trinajstić information content (AvgIpc) is 3.29. The van der Waals surface area contributed by atoms with Gasteiger partial charge in [0.1, 0.15) is 5.52 Å². The summed E-state index contributed by atoms with van der Waals surface area (Å²) in [6, 6.07) is 1.60. The SMILES string of the molecule is CO[C@@H]1CCN(Cc2nc3cc(Cl)c4c(c3o2)C2(CCCCC2)NC(=O)N4)C1. The van der Waals surface area contributed by atoms with Crippen LogP contribution in [0.1, 0.15) is 50.0 Å². The summed E-state index contributed by atoms with van der Waals surface area (Å²) in [4.78, 5) is 19.4. The van der Waals surface area contributed by atoms with Crippen molar-refractivity contribution < 1.29 is 13.9 Å². The lowest BCUT2D eigenvalue weighted by Crippen LogP contribution is -2.52. The second-order valence-electron chi connectivity index (χ2n) is 8.17. The van der Waals surface area contributed by atoms with Crippen LogP contribution in [0, 0.1) is 0 Å². The first-order valence-corrected chi connectivity index (χ1v) is 10.4. The van der Waals surface area contributed by atoms with Crippen LogP contribution in [0.15, 0.2) is 10.5 Å². The number of hydrogen-bond acceptors (Lipinski definition) is 5. The molecule has 3 heterocycles. The summed E-state index contributed by atoms with van der Waals surface area (Å²) in [6.45, 7) is 2.50. The molecule has 5 rings (SSSR count). The van der Waals surface area contributed by atoms with Crippen molar-refractivity contribution in [3.8, 4) is 0 Å². The first-order valence-electron chi connectivity index (χ1n) is 10.0. The maximum Gasteiger partial charge on any atom is 0.319 e. The van der Waals surface area contributed by atoms with Crippen molar-refractivity contribution in [2.45, 2.75) is 56.7 Å². The molecule has 1 aliphatic carbocycles. The van der Waals surface area contributed by atoms with Gasteiger partial charge < -0.3 is 19.8 Å². The fourth-order valence-corrected chi connectivity index (χ4v) is 5.25. The number of carbonyl (C=O) groups excluding carboxylic acids is 1. The highest BCUT2D eigenvalue weighted by Crippen LogP contribution is 2.48. The fourth-order valence-electron chi connectivity index (χ4n) is 5.01.